The second kappa shape index (κ2) is 5.31. The van der Waals surface area contributed by atoms with Crippen LogP contribution >= 0.6 is 0 Å². The summed E-state index contributed by atoms with van der Waals surface area (Å²) in [4.78, 5) is 12.0. The molecule has 1 aromatic heterocycles. The number of hydrogen-bond acceptors (Lipinski definition) is 3. The van der Waals surface area contributed by atoms with E-state index in [1.54, 1.807) is 17.1 Å². The van der Waals surface area contributed by atoms with Crippen molar-refractivity contribution in [3.63, 3.8) is 0 Å². The number of carbonyl (C=O) groups is 1. The van der Waals surface area contributed by atoms with E-state index in [2.05, 4.69) is 10.4 Å². The first-order chi connectivity index (χ1) is 8.16. The van der Waals surface area contributed by atoms with Crippen molar-refractivity contribution < 1.29 is 4.79 Å². The van der Waals surface area contributed by atoms with Crippen molar-refractivity contribution in [3.05, 3.63) is 18.5 Å². The van der Waals surface area contributed by atoms with E-state index < -0.39 is 0 Å². The van der Waals surface area contributed by atoms with Crippen molar-refractivity contribution >= 4 is 5.91 Å². The lowest BCUT2D eigenvalue weighted by atomic mass is 9.92. The number of carbonyl (C=O) groups excluding carboxylic acids is 1. The Labute approximate surface area is 101 Å². The molecule has 1 unspecified atom stereocenters. The molecule has 2 rings (SSSR count). The zero-order valence-corrected chi connectivity index (χ0v) is 10.2. The second-order valence-corrected chi connectivity index (χ2v) is 4.78. The number of nitrogens with zero attached hydrogens (tertiary/aromatic N) is 2. The molecule has 1 heterocycles. The zero-order chi connectivity index (χ0) is 12.3. The normalized spacial score (nSPS) is 26.5. The second-order valence-electron chi connectivity index (χ2n) is 4.78. The number of amides is 1. The molecule has 0 bridgehead atoms. The van der Waals surface area contributed by atoms with Crippen LogP contribution in [0, 0.1) is 0 Å². The van der Waals surface area contributed by atoms with Gasteiger partial charge in [0.15, 0.2) is 0 Å². The van der Waals surface area contributed by atoms with Crippen LogP contribution in [0.4, 0.5) is 0 Å². The average molecular weight is 236 g/mol. The highest BCUT2D eigenvalue weighted by molar-refractivity contribution is 5.80. The van der Waals surface area contributed by atoms with Crippen LogP contribution < -0.4 is 11.1 Å². The van der Waals surface area contributed by atoms with Gasteiger partial charge in [-0.3, -0.25) is 9.48 Å². The minimum Gasteiger partial charge on any atom is -0.352 e. The molecule has 5 nitrogen and oxygen atoms in total. The lowest BCUT2D eigenvalue weighted by Crippen LogP contribution is -2.43. The summed E-state index contributed by atoms with van der Waals surface area (Å²) in [5.74, 6) is 0.0363. The van der Waals surface area contributed by atoms with Gasteiger partial charge in [0.2, 0.25) is 5.91 Å². The summed E-state index contributed by atoms with van der Waals surface area (Å²) in [6.45, 7) is 1.86. The van der Waals surface area contributed by atoms with Crippen LogP contribution in [0.3, 0.4) is 0 Å². The summed E-state index contributed by atoms with van der Waals surface area (Å²) in [6.07, 6.45) is 7.46. The Balaban J connectivity index is 1.85. The molecule has 94 valence electrons. The predicted molar refractivity (Wildman–Crippen MR) is 65.3 cm³/mol. The van der Waals surface area contributed by atoms with E-state index >= 15 is 0 Å². The maximum Gasteiger partial charge on any atom is 0.244 e. The van der Waals surface area contributed by atoms with Crippen molar-refractivity contribution in [1.82, 2.24) is 15.1 Å². The maximum absolute atomic E-state index is 12.0. The molecular weight excluding hydrogens is 216 g/mol. The van der Waals surface area contributed by atoms with E-state index in [0.717, 1.165) is 25.7 Å². The number of nitrogens with two attached hydrogens (primary N) is 1. The summed E-state index contributed by atoms with van der Waals surface area (Å²) in [6, 6.07) is 2.16. The van der Waals surface area contributed by atoms with Gasteiger partial charge in [0.1, 0.15) is 6.04 Å². The summed E-state index contributed by atoms with van der Waals surface area (Å²) in [5.41, 5.74) is 5.84. The lowest BCUT2D eigenvalue weighted by molar-refractivity contribution is -0.125. The molecule has 1 saturated carbocycles. The molecule has 0 radical (unpaired) electrons. The van der Waals surface area contributed by atoms with Crippen molar-refractivity contribution in [3.8, 4) is 0 Å². The molecule has 1 aliphatic rings. The molecular formula is C12H20N4O. The molecule has 1 aromatic rings. The average Bonchev–Trinajstić information content (AvgIpc) is 2.84. The number of nitrogens with one attached hydrogen (secondary N) is 1. The quantitative estimate of drug-likeness (QED) is 0.816. The van der Waals surface area contributed by atoms with Gasteiger partial charge < -0.3 is 11.1 Å². The third-order valence-corrected chi connectivity index (χ3v) is 3.42. The van der Waals surface area contributed by atoms with E-state index in [0.29, 0.717) is 6.04 Å². The minimum atomic E-state index is -0.249. The smallest absolute Gasteiger partial charge is 0.244 e. The fourth-order valence-electron chi connectivity index (χ4n) is 2.22. The lowest BCUT2D eigenvalue weighted by Gasteiger charge is -2.27. The van der Waals surface area contributed by atoms with Crippen molar-refractivity contribution in [2.24, 2.45) is 5.73 Å². The Morgan fingerprint density at radius 2 is 2.18 bits per heavy atom. The monoisotopic (exact) mass is 236 g/mol. The third-order valence-electron chi connectivity index (χ3n) is 3.42. The van der Waals surface area contributed by atoms with Gasteiger partial charge in [0.25, 0.3) is 0 Å². The summed E-state index contributed by atoms with van der Waals surface area (Å²) in [7, 11) is 0. The summed E-state index contributed by atoms with van der Waals surface area (Å²) >= 11 is 0. The van der Waals surface area contributed by atoms with Gasteiger partial charge in [-0.25, -0.2) is 0 Å². The summed E-state index contributed by atoms with van der Waals surface area (Å²) < 4.78 is 1.67. The van der Waals surface area contributed by atoms with Crippen LogP contribution in [-0.4, -0.2) is 27.8 Å². The fraction of sp³-hybridized carbons (Fsp3) is 0.667. The van der Waals surface area contributed by atoms with Crippen molar-refractivity contribution in [2.75, 3.05) is 0 Å². The predicted octanol–water partition coefficient (Wildman–Crippen LogP) is 0.830. The first-order valence-corrected chi connectivity index (χ1v) is 6.22. The van der Waals surface area contributed by atoms with Gasteiger partial charge in [0, 0.05) is 24.5 Å². The standard InChI is InChI=1S/C12H20N4O/c1-9(16-8-2-7-14-16)12(17)15-11-5-3-10(13)4-6-11/h2,7-11H,3-6,13H2,1H3,(H,15,17). The molecule has 1 aliphatic carbocycles. The SMILES string of the molecule is CC(C(=O)NC1CCC(N)CC1)n1cccn1. The molecule has 17 heavy (non-hydrogen) atoms. The highest BCUT2D eigenvalue weighted by Gasteiger charge is 2.22. The third kappa shape index (κ3) is 3.06. The highest BCUT2D eigenvalue weighted by Crippen LogP contribution is 2.17. The van der Waals surface area contributed by atoms with Gasteiger partial charge >= 0.3 is 0 Å². The largest absolute Gasteiger partial charge is 0.352 e. The molecule has 0 aliphatic heterocycles. The first kappa shape index (κ1) is 12.1. The van der Waals surface area contributed by atoms with Crippen LogP contribution in [0.2, 0.25) is 0 Å². The summed E-state index contributed by atoms with van der Waals surface area (Å²) in [5, 5.41) is 7.15. The number of aromatic nitrogens is 2. The zero-order valence-electron chi connectivity index (χ0n) is 10.2. The van der Waals surface area contributed by atoms with Crippen LogP contribution in [0.25, 0.3) is 0 Å². The number of hydrogen-bond donors (Lipinski definition) is 2. The molecule has 1 fully saturated rings. The number of rotatable bonds is 3. The van der Waals surface area contributed by atoms with Gasteiger partial charge in [-0.2, -0.15) is 5.10 Å². The fourth-order valence-corrected chi connectivity index (χ4v) is 2.22. The Bertz CT molecular complexity index is 355. The van der Waals surface area contributed by atoms with Gasteiger partial charge in [-0.15, -0.1) is 0 Å². The van der Waals surface area contributed by atoms with E-state index in [1.807, 2.05) is 13.0 Å². The van der Waals surface area contributed by atoms with E-state index in [4.69, 9.17) is 5.73 Å². The molecule has 1 atom stereocenters. The highest BCUT2D eigenvalue weighted by atomic mass is 16.2. The Morgan fingerprint density at radius 3 is 2.76 bits per heavy atom. The topological polar surface area (TPSA) is 72.9 Å². The van der Waals surface area contributed by atoms with Gasteiger partial charge in [0.05, 0.1) is 0 Å². The van der Waals surface area contributed by atoms with Crippen LogP contribution in [0.5, 0.6) is 0 Å². The minimum absolute atomic E-state index is 0.0363. The maximum atomic E-state index is 12.0. The molecule has 0 aromatic carbocycles. The van der Waals surface area contributed by atoms with E-state index in [1.165, 1.54) is 0 Å². The Hall–Kier alpha value is -1.36. The van der Waals surface area contributed by atoms with Crippen LogP contribution in [0.1, 0.15) is 38.6 Å². The van der Waals surface area contributed by atoms with Crippen molar-refractivity contribution in [2.45, 2.75) is 50.7 Å². The Kier molecular flexibility index (Phi) is 3.78. The molecule has 3 N–H and O–H groups in total. The molecule has 0 spiro atoms. The molecule has 5 heteroatoms. The van der Waals surface area contributed by atoms with Crippen molar-refractivity contribution in [1.29, 1.82) is 0 Å². The Morgan fingerprint density at radius 1 is 1.47 bits per heavy atom. The molecule has 1 amide bonds. The van der Waals surface area contributed by atoms with E-state index in [9.17, 15) is 4.79 Å². The first-order valence-electron chi connectivity index (χ1n) is 6.22. The van der Waals surface area contributed by atoms with Gasteiger partial charge in [-0.05, 0) is 38.7 Å². The van der Waals surface area contributed by atoms with Gasteiger partial charge in [-0.1, -0.05) is 0 Å². The van der Waals surface area contributed by atoms with Crippen LogP contribution in [0.15, 0.2) is 18.5 Å². The molecule has 0 saturated heterocycles. The van der Waals surface area contributed by atoms with Crippen LogP contribution in [-0.2, 0) is 4.79 Å². The van der Waals surface area contributed by atoms with E-state index in [-0.39, 0.29) is 18.0 Å².